The van der Waals surface area contributed by atoms with Crippen LogP contribution in [-0.2, 0) is 25.4 Å². The zero-order valence-electron chi connectivity index (χ0n) is 29.0. The third kappa shape index (κ3) is 9.17. The van der Waals surface area contributed by atoms with Gasteiger partial charge in [-0.05, 0) is 53.9 Å². The van der Waals surface area contributed by atoms with Gasteiger partial charge in [-0.25, -0.2) is 9.59 Å². The minimum Gasteiger partial charge on any atom is -0.465 e. The number of amides is 3. The summed E-state index contributed by atoms with van der Waals surface area (Å²) in [7, 11) is 1.23. The van der Waals surface area contributed by atoms with E-state index in [0.717, 1.165) is 28.8 Å². The molecule has 0 spiro atoms. The summed E-state index contributed by atoms with van der Waals surface area (Å²) < 4.78 is 16.8. The van der Waals surface area contributed by atoms with Crippen molar-refractivity contribution in [1.29, 1.82) is 0 Å². The quantitative estimate of drug-likeness (QED) is 0.171. The molecule has 268 valence electrons. The van der Waals surface area contributed by atoms with Crippen LogP contribution in [0.2, 0.25) is 0 Å². The first-order chi connectivity index (χ1) is 23.9. The number of aromatic nitrogens is 1. The first kappa shape index (κ1) is 36.8. The number of nitrogens with zero attached hydrogens (tertiary/aromatic N) is 1. The number of fused-ring (bicyclic) bond motifs is 1. The molecule has 1 unspecified atom stereocenters. The number of aliphatic hydroxyl groups is 1. The van der Waals surface area contributed by atoms with E-state index in [-0.39, 0.29) is 18.3 Å². The monoisotopic (exact) mass is 688 g/mol. The molecule has 0 saturated carbocycles. The van der Waals surface area contributed by atoms with Crippen LogP contribution >= 0.6 is 0 Å². The fourth-order valence-electron chi connectivity index (χ4n) is 7.23. The number of alkyl carbamates (subject to hydrolysis) is 1. The summed E-state index contributed by atoms with van der Waals surface area (Å²) in [5, 5.41) is 30.4. The van der Waals surface area contributed by atoms with Gasteiger partial charge in [-0.1, -0.05) is 81.4 Å². The highest BCUT2D eigenvalue weighted by atomic mass is 16.7. The Bertz CT molecular complexity index is 1570. The van der Waals surface area contributed by atoms with E-state index in [2.05, 4.69) is 20.9 Å². The van der Waals surface area contributed by atoms with Gasteiger partial charge in [-0.3, -0.25) is 9.78 Å². The maximum Gasteiger partial charge on any atom is 0.407 e. The van der Waals surface area contributed by atoms with Gasteiger partial charge in [0.1, 0.15) is 6.04 Å². The van der Waals surface area contributed by atoms with Gasteiger partial charge in [0.2, 0.25) is 5.91 Å². The van der Waals surface area contributed by atoms with E-state index in [4.69, 9.17) is 14.2 Å². The molecule has 2 fully saturated rings. The highest BCUT2D eigenvalue weighted by Gasteiger charge is 2.49. The zero-order valence-corrected chi connectivity index (χ0v) is 29.0. The predicted molar refractivity (Wildman–Crippen MR) is 186 cm³/mol. The van der Waals surface area contributed by atoms with Gasteiger partial charge >= 0.3 is 12.2 Å². The van der Waals surface area contributed by atoms with Crippen molar-refractivity contribution in [3.63, 3.8) is 0 Å². The van der Waals surface area contributed by atoms with Crippen LogP contribution in [0.3, 0.4) is 0 Å². The number of methoxy groups -OCH3 is 1. The van der Waals surface area contributed by atoms with Crippen LogP contribution in [0.4, 0.5) is 9.59 Å². The second-order valence-corrected chi connectivity index (χ2v) is 14.2. The Morgan fingerprint density at radius 1 is 0.960 bits per heavy atom. The summed E-state index contributed by atoms with van der Waals surface area (Å²) >= 11 is 0. The van der Waals surface area contributed by atoms with Crippen LogP contribution in [0.25, 0.3) is 11.3 Å². The molecule has 3 heterocycles. The summed E-state index contributed by atoms with van der Waals surface area (Å²) in [5.74, 6) is -1.15. The van der Waals surface area contributed by atoms with E-state index < -0.39 is 59.9 Å². The molecular weight excluding hydrogens is 640 g/mol. The largest absolute Gasteiger partial charge is 0.465 e. The average Bonchev–Trinajstić information content (AvgIpc) is 3.72. The summed E-state index contributed by atoms with van der Waals surface area (Å²) in [6.45, 7) is 6.35. The molecule has 0 aliphatic carbocycles. The third-order valence-electron chi connectivity index (χ3n) is 9.67. The smallest absolute Gasteiger partial charge is 0.407 e. The van der Waals surface area contributed by atoms with Gasteiger partial charge in [0.05, 0.1) is 38.2 Å². The number of aliphatic hydroxyl groups excluding tert-OH is 1. The van der Waals surface area contributed by atoms with Crippen molar-refractivity contribution in [2.75, 3.05) is 20.3 Å². The topological polar surface area (TPSA) is 168 Å². The minimum atomic E-state index is -1.22. The summed E-state index contributed by atoms with van der Waals surface area (Å²) in [6.07, 6.45) is -0.791. The molecule has 12 heteroatoms. The van der Waals surface area contributed by atoms with Crippen LogP contribution in [0.15, 0.2) is 79.0 Å². The van der Waals surface area contributed by atoms with E-state index in [1.807, 2.05) is 93.6 Å². The van der Waals surface area contributed by atoms with E-state index in [1.54, 1.807) is 6.20 Å². The van der Waals surface area contributed by atoms with Gasteiger partial charge in [0.25, 0.3) is 0 Å². The lowest BCUT2D eigenvalue weighted by Gasteiger charge is -2.40. The molecule has 3 aromatic rings. The molecule has 12 nitrogen and oxygen atoms in total. The van der Waals surface area contributed by atoms with Crippen molar-refractivity contribution in [2.45, 2.75) is 76.5 Å². The number of carbonyl (C=O) groups is 3. The normalized spacial score (nSPS) is 21.6. The molecule has 5 rings (SSSR count). The van der Waals surface area contributed by atoms with Gasteiger partial charge < -0.3 is 40.4 Å². The van der Waals surface area contributed by atoms with E-state index in [1.165, 1.54) is 7.11 Å². The summed E-state index contributed by atoms with van der Waals surface area (Å²) in [6, 6.07) is 20.4. The van der Waals surface area contributed by atoms with Crippen molar-refractivity contribution in [3.05, 3.63) is 90.1 Å². The molecule has 50 heavy (non-hydrogen) atoms. The number of hydrogen-bond acceptors (Lipinski definition) is 8. The SMILES string of the molecule is COC(=O)N[C@H](C(=O)N[C@@H](C(c1ccc(-c2ccccn2)cc1)[C@@H]1CO[C@@H]2OCC[C@@H]21)[C@@H](O)C[C@H](Cc1ccccc1)NC(=O)O)C(C)(C)C. The molecule has 0 radical (unpaired) electrons. The lowest BCUT2D eigenvalue weighted by molar-refractivity contribution is -0.127. The molecule has 8 atom stereocenters. The molecule has 2 aliphatic heterocycles. The number of carboxylic acid groups (broad SMARTS) is 1. The van der Waals surface area contributed by atoms with E-state index in [9.17, 15) is 24.6 Å². The number of benzene rings is 2. The molecule has 2 aliphatic rings. The van der Waals surface area contributed by atoms with Crippen molar-refractivity contribution < 1.29 is 38.8 Å². The second-order valence-electron chi connectivity index (χ2n) is 14.2. The average molecular weight is 689 g/mol. The number of hydrogen-bond donors (Lipinski definition) is 5. The maximum atomic E-state index is 14.3. The Kier molecular flexibility index (Phi) is 12.1. The van der Waals surface area contributed by atoms with Gasteiger partial charge in [0.15, 0.2) is 6.29 Å². The van der Waals surface area contributed by atoms with E-state index in [0.29, 0.717) is 19.6 Å². The Hall–Kier alpha value is -4.52. The van der Waals surface area contributed by atoms with Gasteiger partial charge in [-0.2, -0.15) is 0 Å². The fourth-order valence-corrected chi connectivity index (χ4v) is 7.23. The molecule has 1 aromatic heterocycles. The molecular formula is C38H48N4O8. The highest BCUT2D eigenvalue weighted by molar-refractivity contribution is 5.86. The van der Waals surface area contributed by atoms with Gasteiger partial charge in [-0.15, -0.1) is 0 Å². The first-order valence-electron chi connectivity index (χ1n) is 17.1. The minimum absolute atomic E-state index is 0.00253. The Morgan fingerprint density at radius 3 is 2.32 bits per heavy atom. The molecule has 3 amide bonds. The maximum absolute atomic E-state index is 14.3. The number of pyridine rings is 1. The highest BCUT2D eigenvalue weighted by Crippen LogP contribution is 2.45. The Balaban J connectivity index is 1.56. The second kappa shape index (κ2) is 16.5. The summed E-state index contributed by atoms with van der Waals surface area (Å²) in [5.41, 5.74) is 2.73. The van der Waals surface area contributed by atoms with Gasteiger partial charge in [0, 0.05) is 29.6 Å². The summed E-state index contributed by atoms with van der Waals surface area (Å²) in [4.78, 5) is 43.1. The Morgan fingerprint density at radius 2 is 1.68 bits per heavy atom. The van der Waals surface area contributed by atoms with Crippen LogP contribution in [0.1, 0.15) is 50.7 Å². The lowest BCUT2D eigenvalue weighted by atomic mass is 9.72. The van der Waals surface area contributed by atoms with Crippen LogP contribution < -0.4 is 16.0 Å². The van der Waals surface area contributed by atoms with Crippen molar-refractivity contribution in [1.82, 2.24) is 20.9 Å². The molecule has 2 saturated heterocycles. The molecule has 2 aromatic carbocycles. The van der Waals surface area contributed by atoms with Crippen LogP contribution in [-0.4, -0.2) is 84.1 Å². The Labute approximate surface area is 292 Å². The first-order valence-corrected chi connectivity index (χ1v) is 17.1. The standard InChI is InChI=1S/C38H48N4O8/c1-38(2,3)33(42-37(47)48-4)34(44)41-32(30(43)21-26(40-36(45)46)20-23-10-6-5-7-11-23)31(28-22-50-35-27(28)17-19-49-35)25-15-13-24(14-16-25)29-12-8-9-18-39-29/h5-16,18,26-28,30-33,35,40,43H,17,19-22H2,1-4H3,(H,41,44)(H,42,47)(H,45,46)/t26-,27+,28+,30-,31?,32+,33+,35-/m0/s1. The number of rotatable bonds is 13. The molecule has 5 N–H and O–H groups in total. The van der Waals surface area contributed by atoms with Crippen LogP contribution in [0.5, 0.6) is 0 Å². The zero-order chi connectivity index (χ0) is 35.8. The van der Waals surface area contributed by atoms with Crippen molar-refractivity contribution in [3.8, 4) is 11.3 Å². The number of ether oxygens (including phenoxy) is 3. The predicted octanol–water partition coefficient (Wildman–Crippen LogP) is 4.73. The lowest BCUT2D eigenvalue weighted by Crippen LogP contribution is -2.59. The fraction of sp³-hybridized carbons (Fsp3) is 0.474. The van der Waals surface area contributed by atoms with Crippen LogP contribution in [0, 0.1) is 17.3 Å². The van der Waals surface area contributed by atoms with E-state index >= 15 is 0 Å². The van der Waals surface area contributed by atoms with Crippen molar-refractivity contribution >= 4 is 18.1 Å². The number of carbonyl (C=O) groups excluding carboxylic acids is 2. The third-order valence-corrected chi connectivity index (χ3v) is 9.67. The molecule has 0 bridgehead atoms. The number of nitrogens with one attached hydrogen (secondary N) is 3. The van der Waals surface area contributed by atoms with Crippen molar-refractivity contribution in [2.24, 2.45) is 17.3 Å².